The number of thioether (sulfide) groups is 4. The van der Waals surface area contributed by atoms with E-state index in [0.717, 1.165) is 10.5 Å². The molecular formula is C12H24GeS4. The van der Waals surface area contributed by atoms with Gasteiger partial charge < -0.3 is 0 Å². The Kier molecular flexibility index (Phi) is 6.90. The minimum absolute atomic E-state index is 1.03. The van der Waals surface area contributed by atoms with E-state index in [4.69, 9.17) is 0 Å². The molecule has 17 heavy (non-hydrogen) atoms. The van der Waals surface area contributed by atoms with Crippen molar-refractivity contribution in [3.05, 3.63) is 0 Å². The zero-order chi connectivity index (χ0) is 12.1. The normalized spacial score (nSPS) is 27.2. The van der Waals surface area contributed by atoms with Gasteiger partial charge in [-0.15, -0.1) is 0 Å². The van der Waals surface area contributed by atoms with E-state index in [2.05, 4.69) is 58.6 Å². The van der Waals surface area contributed by atoms with Crippen LogP contribution in [0.4, 0.5) is 0 Å². The minimum atomic E-state index is -1.36. The van der Waals surface area contributed by atoms with E-state index in [9.17, 15) is 0 Å². The molecule has 2 atom stereocenters. The second kappa shape index (κ2) is 7.65. The van der Waals surface area contributed by atoms with Crippen molar-refractivity contribution < 1.29 is 0 Å². The molecule has 2 heterocycles. The van der Waals surface area contributed by atoms with Gasteiger partial charge in [-0.25, -0.2) is 0 Å². The molecule has 2 aliphatic rings. The molecule has 0 N–H and O–H groups in total. The fourth-order valence-electron chi connectivity index (χ4n) is 1.58. The summed E-state index contributed by atoms with van der Waals surface area (Å²) in [5, 5.41) is 5.23. The van der Waals surface area contributed by atoms with E-state index in [-0.39, 0.29) is 0 Å². The summed E-state index contributed by atoms with van der Waals surface area (Å²) in [6.45, 7) is 0. The predicted molar refractivity (Wildman–Crippen MR) is 94.2 cm³/mol. The number of rotatable bonds is 10. The molecule has 5 heteroatoms. The Morgan fingerprint density at radius 2 is 1.35 bits per heavy atom. The number of hydrogen-bond acceptors (Lipinski definition) is 4. The molecule has 2 aliphatic heterocycles. The first kappa shape index (κ1) is 15.3. The van der Waals surface area contributed by atoms with Gasteiger partial charge in [-0.05, 0) is 0 Å². The molecule has 0 amide bonds. The molecule has 2 rings (SSSR count). The van der Waals surface area contributed by atoms with Crippen LogP contribution in [0.5, 0.6) is 0 Å². The predicted octanol–water partition coefficient (Wildman–Crippen LogP) is 4.39. The van der Waals surface area contributed by atoms with Crippen LogP contribution >= 0.6 is 47.0 Å². The van der Waals surface area contributed by atoms with Gasteiger partial charge in [-0.3, -0.25) is 0 Å². The molecule has 0 aromatic rings. The zero-order valence-electron chi connectivity index (χ0n) is 10.9. The average Bonchev–Trinajstić information content (AvgIpc) is 3.13. The quantitative estimate of drug-likeness (QED) is 0.318. The summed E-state index contributed by atoms with van der Waals surface area (Å²) in [7, 11) is 0. The Morgan fingerprint density at radius 3 is 1.71 bits per heavy atom. The fraction of sp³-hybridized carbons (Fsp3) is 1.00. The summed E-state index contributed by atoms with van der Waals surface area (Å²) < 4.78 is 0. The molecule has 0 nitrogen and oxygen atoms in total. The summed E-state index contributed by atoms with van der Waals surface area (Å²) in [5.41, 5.74) is 0. The Bertz CT molecular complexity index is 205. The Morgan fingerprint density at radius 1 is 0.941 bits per heavy atom. The Labute approximate surface area is 126 Å². The maximum atomic E-state index is 2.64. The van der Waals surface area contributed by atoms with Gasteiger partial charge in [0.1, 0.15) is 0 Å². The summed E-state index contributed by atoms with van der Waals surface area (Å²) >= 11 is 7.36. The Hall–Kier alpha value is 1.94. The zero-order valence-corrected chi connectivity index (χ0v) is 16.3. The van der Waals surface area contributed by atoms with Crippen LogP contribution in [0, 0.1) is 0 Å². The first-order chi connectivity index (χ1) is 8.16. The van der Waals surface area contributed by atoms with Crippen LogP contribution in [0.15, 0.2) is 0 Å². The molecule has 0 spiro atoms. The standard InChI is InChI=1S/C12H24GeS4/c1-13(2,3-5-14-7-11-9-16-11)4-6-15-8-12-10-17-12/h11-12H,3-10H2,1-2H3. The molecule has 2 unspecified atom stereocenters. The molecule has 0 aliphatic carbocycles. The SMILES string of the molecule is [CH3][Ge]([CH3])([CH2]CSCC1CS1)[CH2]CSCC1CS1. The summed E-state index contributed by atoms with van der Waals surface area (Å²) in [6.07, 6.45) is 0. The van der Waals surface area contributed by atoms with Crippen LogP contribution in [-0.4, -0.2) is 58.3 Å². The fourth-order valence-corrected chi connectivity index (χ4v) is 15.5. The van der Waals surface area contributed by atoms with Crippen LogP contribution in [-0.2, 0) is 0 Å². The molecule has 0 aromatic heterocycles. The van der Waals surface area contributed by atoms with E-state index in [1.54, 1.807) is 10.5 Å². The van der Waals surface area contributed by atoms with Crippen molar-refractivity contribution in [2.45, 2.75) is 32.5 Å². The maximum absolute atomic E-state index is 2.64. The van der Waals surface area contributed by atoms with Gasteiger partial charge in [0.15, 0.2) is 0 Å². The van der Waals surface area contributed by atoms with E-state index in [0.29, 0.717) is 0 Å². The second-order valence-corrected chi connectivity index (χ2v) is 21.9. The van der Waals surface area contributed by atoms with Crippen molar-refractivity contribution in [2.24, 2.45) is 0 Å². The second-order valence-electron chi connectivity index (χ2n) is 5.72. The van der Waals surface area contributed by atoms with Crippen molar-refractivity contribution in [2.75, 3.05) is 34.5 Å². The molecule has 2 saturated heterocycles. The summed E-state index contributed by atoms with van der Waals surface area (Å²) in [4.78, 5) is 0. The van der Waals surface area contributed by atoms with Gasteiger partial charge in [-0.2, -0.15) is 0 Å². The van der Waals surface area contributed by atoms with Crippen molar-refractivity contribution in [1.29, 1.82) is 0 Å². The van der Waals surface area contributed by atoms with Gasteiger partial charge in [-0.1, -0.05) is 0 Å². The molecule has 0 saturated carbocycles. The van der Waals surface area contributed by atoms with Crippen molar-refractivity contribution in [3.8, 4) is 0 Å². The van der Waals surface area contributed by atoms with Crippen LogP contribution < -0.4 is 0 Å². The van der Waals surface area contributed by atoms with E-state index in [1.165, 1.54) is 34.5 Å². The summed E-state index contributed by atoms with van der Waals surface area (Å²) in [5.74, 6) is 13.9. The molecule has 100 valence electrons. The third-order valence-corrected chi connectivity index (χ3v) is 16.1. The van der Waals surface area contributed by atoms with Gasteiger partial charge in [0.25, 0.3) is 0 Å². The first-order valence-electron chi connectivity index (χ1n) is 6.54. The van der Waals surface area contributed by atoms with Gasteiger partial charge >= 0.3 is 127 Å². The van der Waals surface area contributed by atoms with Gasteiger partial charge in [0.2, 0.25) is 0 Å². The van der Waals surface area contributed by atoms with Crippen LogP contribution in [0.2, 0.25) is 22.0 Å². The van der Waals surface area contributed by atoms with Crippen LogP contribution in [0.3, 0.4) is 0 Å². The van der Waals surface area contributed by atoms with E-state index in [1.807, 2.05) is 0 Å². The first-order valence-corrected chi connectivity index (χ1v) is 18.1. The van der Waals surface area contributed by atoms with Crippen molar-refractivity contribution >= 4 is 60.3 Å². The molecule has 0 bridgehead atoms. The molecule has 0 aromatic carbocycles. The van der Waals surface area contributed by atoms with Crippen molar-refractivity contribution in [1.82, 2.24) is 0 Å². The van der Waals surface area contributed by atoms with Crippen molar-refractivity contribution in [3.63, 3.8) is 0 Å². The monoisotopic (exact) mass is 370 g/mol. The van der Waals surface area contributed by atoms with E-state index < -0.39 is 13.3 Å². The number of hydrogen-bond donors (Lipinski definition) is 0. The van der Waals surface area contributed by atoms with E-state index >= 15 is 0 Å². The summed E-state index contributed by atoms with van der Waals surface area (Å²) in [6, 6.07) is 0. The van der Waals surface area contributed by atoms with Crippen LogP contribution in [0.25, 0.3) is 0 Å². The van der Waals surface area contributed by atoms with Gasteiger partial charge in [0, 0.05) is 0 Å². The third kappa shape index (κ3) is 7.96. The molecule has 2 fully saturated rings. The van der Waals surface area contributed by atoms with Crippen LogP contribution in [0.1, 0.15) is 0 Å². The molecular weight excluding hydrogens is 345 g/mol. The topological polar surface area (TPSA) is 0 Å². The Balaban J connectivity index is 1.43. The van der Waals surface area contributed by atoms with Gasteiger partial charge in [0.05, 0.1) is 0 Å². The average molecular weight is 369 g/mol. The molecule has 0 radical (unpaired) electrons. The third-order valence-electron chi connectivity index (χ3n) is 3.26.